The Kier molecular flexibility index (Phi) is 6.81. The number of nitrogens with zero attached hydrogens (tertiary/aromatic N) is 2. The number of para-hydroxylation sites is 3. The summed E-state index contributed by atoms with van der Waals surface area (Å²) in [6.07, 6.45) is 0. The molecule has 0 amide bonds. The molecule has 0 unspecified atom stereocenters. The summed E-state index contributed by atoms with van der Waals surface area (Å²) >= 11 is 0. The first-order valence-electron chi connectivity index (χ1n) is 17.4. The Morgan fingerprint density at radius 2 is 0.980 bits per heavy atom. The largest absolute Gasteiger partial charge is 0.453 e. The van der Waals surface area contributed by atoms with Crippen LogP contribution in [0.4, 0.5) is 17.1 Å². The monoisotopic (exact) mass is 652 g/mol. The molecule has 1 aliphatic rings. The van der Waals surface area contributed by atoms with Gasteiger partial charge in [-0.1, -0.05) is 133 Å². The maximum absolute atomic E-state index is 6.48. The van der Waals surface area contributed by atoms with Gasteiger partial charge in [0, 0.05) is 27.7 Å². The van der Waals surface area contributed by atoms with Gasteiger partial charge in [-0.3, -0.25) is 0 Å². The van der Waals surface area contributed by atoms with Crippen LogP contribution < -0.4 is 9.64 Å². The molecule has 0 radical (unpaired) electrons. The van der Waals surface area contributed by atoms with Gasteiger partial charge in [0.25, 0.3) is 0 Å². The third-order valence-electron chi connectivity index (χ3n) is 9.98. The Balaban J connectivity index is 1.09. The van der Waals surface area contributed by atoms with Gasteiger partial charge in [0.05, 0.1) is 22.4 Å². The highest BCUT2D eigenvalue weighted by atomic mass is 16.5. The molecule has 0 bridgehead atoms. The number of fused-ring (bicyclic) bond motifs is 5. The second-order valence-corrected chi connectivity index (χ2v) is 13.0. The Hall–Kier alpha value is -6.84. The normalized spacial score (nSPS) is 11.7. The van der Waals surface area contributed by atoms with Crippen LogP contribution >= 0.6 is 0 Å². The number of hydrogen-bond acceptors (Lipinski definition) is 2. The van der Waals surface area contributed by atoms with Crippen molar-refractivity contribution in [2.45, 2.75) is 0 Å². The van der Waals surface area contributed by atoms with Crippen molar-refractivity contribution in [3.63, 3.8) is 0 Å². The highest BCUT2D eigenvalue weighted by Crippen LogP contribution is 2.47. The molecule has 0 saturated carbocycles. The summed E-state index contributed by atoms with van der Waals surface area (Å²) in [7, 11) is 0. The molecule has 3 nitrogen and oxygen atoms in total. The van der Waals surface area contributed by atoms with Crippen molar-refractivity contribution >= 4 is 38.9 Å². The predicted molar refractivity (Wildman–Crippen MR) is 212 cm³/mol. The highest BCUT2D eigenvalue weighted by Gasteiger charge is 2.24. The van der Waals surface area contributed by atoms with Gasteiger partial charge in [-0.25, -0.2) is 0 Å². The Morgan fingerprint density at radius 1 is 0.392 bits per heavy atom. The van der Waals surface area contributed by atoms with E-state index in [9.17, 15) is 0 Å². The third-order valence-corrected chi connectivity index (χ3v) is 9.98. The molecule has 2 heterocycles. The predicted octanol–water partition coefficient (Wildman–Crippen LogP) is 13.4. The van der Waals surface area contributed by atoms with E-state index in [-0.39, 0.29) is 0 Å². The smallest absolute Gasteiger partial charge is 0.152 e. The molecular formula is C48H32N2O. The second kappa shape index (κ2) is 11.9. The summed E-state index contributed by atoms with van der Waals surface area (Å²) < 4.78 is 8.83. The molecule has 0 spiro atoms. The van der Waals surface area contributed by atoms with Gasteiger partial charge in [-0.15, -0.1) is 0 Å². The van der Waals surface area contributed by atoms with E-state index in [0.717, 1.165) is 50.9 Å². The van der Waals surface area contributed by atoms with Crippen LogP contribution in [-0.2, 0) is 0 Å². The van der Waals surface area contributed by atoms with Crippen molar-refractivity contribution in [2.75, 3.05) is 4.90 Å². The van der Waals surface area contributed by atoms with E-state index in [1.165, 1.54) is 38.5 Å². The van der Waals surface area contributed by atoms with Gasteiger partial charge in [-0.2, -0.15) is 0 Å². The second-order valence-electron chi connectivity index (χ2n) is 13.0. The quantitative estimate of drug-likeness (QED) is 0.178. The minimum Gasteiger partial charge on any atom is -0.453 e. The summed E-state index contributed by atoms with van der Waals surface area (Å²) in [5, 5.41) is 2.43. The first-order chi connectivity index (χ1) is 25.3. The molecule has 1 aliphatic heterocycles. The lowest BCUT2D eigenvalue weighted by Gasteiger charge is -2.28. The molecule has 9 aromatic rings. The Bertz CT molecular complexity index is 2700. The van der Waals surface area contributed by atoms with E-state index in [1.54, 1.807) is 0 Å². The zero-order chi connectivity index (χ0) is 33.7. The lowest BCUT2D eigenvalue weighted by molar-refractivity contribution is 0.476. The van der Waals surface area contributed by atoms with E-state index < -0.39 is 0 Å². The minimum atomic E-state index is 0.861. The zero-order valence-corrected chi connectivity index (χ0v) is 27.8. The molecule has 0 aliphatic carbocycles. The van der Waals surface area contributed by atoms with Crippen molar-refractivity contribution in [1.29, 1.82) is 0 Å². The average molecular weight is 653 g/mol. The van der Waals surface area contributed by atoms with Crippen LogP contribution in [0, 0.1) is 0 Å². The first-order valence-corrected chi connectivity index (χ1v) is 17.4. The van der Waals surface area contributed by atoms with Crippen molar-refractivity contribution in [3.05, 3.63) is 194 Å². The minimum absolute atomic E-state index is 0.861. The third kappa shape index (κ3) is 4.90. The van der Waals surface area contributed by atoms with Gasteiger partial charge in [0.1, 0.15) is 0 Å². The van der Waals surface area contributed by atoms with Gasteiger partial charge >= 0.3 is 0 Å². The molecule has 51 heavy (non-hydrogen) atoms. The van der Waals surface area contributed by atoms with E-state index in [4.69, 9.17) is 4.74 Å². The number of aromatic nitrogens is 1. The highest BCUT2D eigenvalue weighted by molar-refractivity contribution is 6.12. The van der Waals surface area contributed by atoms with E-state index >= 15 is 0 Å². The lowest BCUT2D eigenvalue weighted by Crippen LogP contribution is -2.11. The van der Waals surface area contributed by atoms with Gasteiger partial charge in [0.15, 0.2) is 11.5 Å². The number of rotatable bonds is 6. The fourth-order valence-electron chi connectivity index (χ4n) is 7.59. The molecule has 240 valence electrons. The first kappa shape index (κ1) is 29.1. The van der Waals surface area contributed by atoms with Gasteiger partial charge < -0.3 is 14.2 Å². The lowest BCUT2D eigenvalue weighted by atomic mass is 9.96. The van der Waals surface area contributed by atoms with Crippen LogP contribution in [0.25, 0.3) is 60.9 Å². The van der Waals surface area contributed by atoms with Crippen LogP contribution in [0.5, 0.6) is 11.5 Å². The van der Waals surface area contributed by atoms with Crippen LogP contribution in [-0.4, -0.2) is 4.57 Å². The van der Waals surface area contributed by atoms with Crippen molar-refractivity contribution < 1.29 is 4.74 Å². The number of ether oxygens (including phenoxy) is 1. The molecule has 8 aromatic carbocycles. The fraction of sp³-hybridized carbons (Fsp3) is 0. The van der Waals surface area contributed by atoms with Crippen molar-refractivity contribution in [3.8, 4) is 50.6 Å². The SMILES string of the molecule is c1ccc(-c2ccc(N(c3ccccc3)c3ccc(-c4ccc5c(c4)-n4c6ccccc6c6cccc(c64)O5)cc3)c(-c3ccccc3)c2)cc1. The number of anilines is 3. The standard InChI is InChI=1S/C48H32N2O/c1-4-13-33(14-5-1)36-25-29-44(42(31-36)35-15-6-2-7-16-35)49(38-17-8-3-9-18-38)39-27-23-34(24-28-39)37-26-30-46-45(32-37)50-43-21-11-10-19-40(43)41-20-12-22-47(51-46)48(41)50/h1-32H. The van der Waals surface area contributed by atoms with Crippen molar-refractivity contribution in [1.82, 2.24) is 4.57 Å². The molecule has 3 heteroatoms. The number of benzene rings is 8. The molecule has 10 rings (SSSR count). The maximum atomic E-state index is 6.48. The van der Waals surface area contributed by atoms with E-state index in [2.05, 4.69) is 204 Å². The van der Waals surface area contributed by atoms with Crippen LogP contribution in [0.1, 0.15) is 0 Å². The molecule has 0 N–H and O–H groups in total. The Morgan fingerprint density at radius 3 is 1.76 bits per heavy atom. The van der Waals surface area contributed by atoms with Crippen LogP contribution in [0.15, 0.2) is 194 Å². The molecule has 0 fully saturated rings. The summed E-state index contributed by atoms with van der Waals surface area (Å²) in [4.78, 5) is 2.36. The van der Waals surface area contributed by atoms with Crippen LogP contribution in [0.3, 0.4) is 0 Å². The zero-order valence-electron chi connectivity index (χ0n) is 27.8. The summed E-state index contributed by atoms with van der Waals surface area (Å²) in [6, 6.07) is 69.1. The molecule has 1 aromatic heterocycles. The van der Waals surface area contributed by atoms with Crippen LogP contribution in [0.2, 0.25) is 0 Å². The average Bonchev–Trinajstić information content (AvgIpc) is 3.55. The molecular weight excluding hydrogens is 621 g/mol. The van der Waals surface area contributed by atoms with E-state index in [0.29, 0.717) is 0 Å². The molecule has 0 saturated heterocycles. The summed E-state index contributed by atoms with van der Waals surface area (Å²) in [6.45, 7) is 0. The number of hydrogen-bond donors (Lipinski definition) is 0. The fourth-order valence-corrected chi connectivity index (χ4v) is 7.59. The summed E-state index contributed by atoms with van der Waals surface area (Å²) in [5.41, 5.74) is 13.7. The Labute approximate surface area is 296 Å². The maximum Gasteiger partial charge on any atom is 0.152 e. The van der Waals surface area contributed by atoms with Crippen molar-refractivity contribution in [2.24, 2.45) is 0 Å². The summed E-state index contributed by atoms with van der Waals surface area (Å²) in [5.74, 6) is 1.75. The topological polar surface area (TPSA) is 17.4 Å². The molecule has 0 atom stereocenters. The van der Waals surface area contributed by atoms with Gasteiger partial charge in [-0.05, 0) is 88.5 Å². The van der Waals surface area contributed by atoms with Gasteiger partial charge in [0.2, 0.25) is 0 Å². The van der Waals surface area contributed by atoms with E-state index in [1.807, 2.05) is 0 Å².